The van der Waals surface area contributed by atoms with E-state index in [9.17, 15) is 26.4 Å². The molecular formula is C35H40Cl2N6O8S2. The highest BCUT2D eigenvalue weighted by molar-refractivity contribution is 7.89. The van der Waals surface area contributed by atoms with Gasteiger partial charge in [-0.1, -0.05) is 47.5 Å². The molecule has 0 radical (unpaired) electrons. The molecule has 1 aliphatic rings. The second-order valence-corrected chi connectivity index (χ2v) is 16.3. The molecule has 2 amide bonds. The van der Waals surface area contributed by atoms with Crippen LogP contribution in [0, 0.1) is 13.8 Å². The number of fused-ring (bicyclic) bond motifs is 1. The summed E-state index contributed by atoms with van der Waals surface area (Å²) in [6.45, 7) is 4.54. The highest BCUT2D eigenvalue weighted by Gasteiger charge is 2.40. The molecule has 1 fully saturated rings. The van der Waals surface area contributed by atoms with Crippen molar-refractivity contribution < 1.29 is 35.7 Å². The fraction of sp³-hybridized carbons (Fsp3) is 0.314. The van der Waals surface area contributed by atoms with E-state index in [0.717, 1.165) is 22.2 Å². The monoisotopic (exact) mass is 806 g/mol. The minimum atomic E-state index is -4.17. The summed E-state index contributed by atoms with van der Waals surface area (Å²) in [4.78, 5) is 30.0. The number of rotatable bonds is 12. The maximum atomic E-state index is 13.9. The van der Waals surface area contributed by atoms with Crippen molar-refractivity contribution in [1.82, 2.24) is 19.9 Å². The van der Waals surface area contributed by atoms with Gasteiger partial charge in [-0.25, -0.2) is 13.4 Å². The number of benzene rings is 3. The molecule has 1 atom stereocenters. The van der Waals surface area contributed by atoms with Crippen molar-refractivity contribution in [3.63, 3.8) is 0 Å². The van der Waals surface area contributed by atoms with Crippen LogP contribution in [0.25, 0.3) is 10.9 Å². The van der Waals surface area contributed by atoms with Crippen LogP contribution in [-0.2, 0) is 31.5 Å². The second kappa shape index (κ2) is 18.1. The summed E-state index contributed by atoms with van der Waals surface area (Å²) in [5.41, 5.74) is 4.14. The van der Waals surface area contributed by atoms with E-state index in [1.807, 2.05) is 32.0 Å². The number of aromatic nitrogens is 1. The van der Waals surface area contributed by atoms with Gasteiger partial charge in [-0.15, -0.1) is 0 Å². The summed E-state index contributed by atoms with van der Waals surface area (Å²) in [5, 5.41) is 10.2. The van der Waals surface area contributed by atoms with E-state index in [0.29, 0.717) is 54.5 Å². The Labute approximate surface area is 318 Å². The topological polar surface area (TPSA) is 210 Å². The molecule has 0 saturated carbocycles. The fourth-order valence-corrected chi connectivity index (χ4v) is 8.19. The first-order valence-corrected chi connectivity index (χ1v) is 20.4. The number of aryl methyl sites for hydroxylation is 2. The van der Waals surface area contributed by atoms with Gasteiger partial charge in [-0.05, 0) is 80.6 Å². The molecule has 5 rings (SSSR count). The van der Waals surface area contributed by atoms with E-state index in [4.69, 9.17) is 38.3 Å². The molecule has 14 nitrogen and oxygen atoms in total. The third-order valence-electron chi connectivity index (χ3n) is 8.09. The molecule has 5 N–H and O–H groups in total. The van der Waals surface area contributed by atoms with Gasteiger partial charge in [0.05, 0.1) is 17.5 Å². The highest BCUT2D eigenvalue weighted by Crippen LogP contribution is 2.36. The van der Waals surface area contributed by atoms with Crippen molar-refractivity contribution in [2.75, 3.05) is 25.9 Å². The number of nitrogens with one attached hydrogen (secondary N) is 2. The van der Waals surface area contributed by atoms with Crippen LogP contribution in [0.2, 0.25) is 10.0 Å². The number of hydrogen-bond acceptors (Lipinski definition) is 10. The lowest BCUT2D eigenvalue weighted by Crippen LogP contribution is -2.46. The number of nitrogens with two attached hydrogens (primary N) is 1. The standard InChI is InChI=1S/C34H36Cl2N6O5S.CH4O3S/c1-21-18-22(2)41-32-25(21)6-3-8-29(32)47-20-26-27(35)13-14-30(31(26)36)48(45,46)42-17-4-7-28(42)34(44)39-16-5-15-38-33(43)24-11-9-23(10-12-24)19-40-37;1-5(2,3)4/h3,6,8-14,18-19,28H,4-5,7,15-17,20,37H2,1-2H3,(H,38,43)(H,39,44);1H3,(H,2,3,4)/b40-19+;/t28-;/m0./s1. The Balaban J connectivity index is 0.00000117. The van der Waals surface area contributed by atoms with Crippen LogP contribution >= 0.6 is 23.2 Å². The average Bonchev–Trinajstić information content (AvgIpc) is 3.59. The number of para-hydroxylation sites is 1. The summed E-state index contributed by atoms with van der Waals surface area (Å²) in [6.07, 6.45) is 3.52. The number of nitrogens with zero attached hydrogens (tertiary/aromatic N) is 3. The van der Waals surface area contributed by atoms with E-state index in [-0.39, 0.29) is 40.5 Å². The number of ether oxygens (including phenoxy) is 1. The summed E-state index contributed by atoms with van der Waals surface area (Å²) in [6, 6.07) is 16.3. The molecule has 0 aliphatic carbocycles. The molecule has 0 bridgehead atoms. The van der Waals surface area contributed by atoms with Gasteiger partial charge in [0.25, 0.3) is 16.0 Å². The molecule has 1 saturated heterocycles. The lowest BCUT2D eigenvalue weighted by atomic mass is 10.1. The fourth-order valence-electron chi connectivity index (χ4n) is 5.67. The highest BCUT2D eigenvalue weighted by atomic mass is 35.5. The number of amides is 2. The maximum absolute atomic E-state index is 13.9. The molecule has 1 aromatic heterocycles. The summed E-state index contributed by atoms with van der Waals surface area (Å²) in [7, 11) is -7.84. The molecule has 1 aliphatic heterocycles. The molecule has 18 heteroatoms. The zero-order valence-electron chi connectivity index (χ0n) is 29.2. The number of halogens is 2. The Morgan fingerprint density at radius 3 is 2.42 bits per heavy atom. The maximum Gasteiger partial charge on any atom is 0.261 e. The van der Waals surface area contributed by atoms with Crippen LogP contribution in [-0.4, -0.2) is 80.6 Å². The van der Waals surface area contributed by atoms with Gasteiger partial charge in [-0.3, -0.25) is 14.1 Å². The normalized spacial score (nSPS) is 14.9. The van der Waals surface area contributed by atoms with E-state index in [1.165, 1.54) is 22.7 Å². The van der Waals surface area contributed by atoms with Gasteiger partial charge in [0.15, 0.2) is 0 Å². The van der Waals surface area contributed by atoms with Gasteiger partial charge >= 0.3 is 0 Å². The van der Waals surface area contributed by atoms with Crippen molar-refractivity contribution in [3.05, 3.63) is 98.7 Å². The summed E-state index contributed by atoms with van der Waals surface area (Å²) >= 11 is 13.2. The summed E-state index contributed by atoms with van der Waals surface area (Å²) < 4.78 is 61.0. The summed E-state index contributed by atoms with van der Waals surface area (Å²) in [5.74, 6) is 4.99. The minimum absolute atomic E-state index is 0.0630. The van der Waals surface area contributed by atoms with Crippen LogP contribution < -0.4 is 21.2 Å². The van der Waals surface area contributed by atoms with Crippen molar-refractivity contribution in [2.24, 2.45) is 10.9 Å². The van der Waals surface area contributed by atoms with Crippen molar-refractivity contribution in [1.29, 1.82) is 0 Å². The molecular weight excluding hydrogens is 767 g/mol. The predicted molar refractivity (Wildman–Crippen MR) is 205 cm³/mol. The largest absolute Gasteiger partial charge is 0.487 e. The van der Waals surface area contributed by atoms with Crippen LogP contribution in [0.1, 0.15) is 52.0 Å². The third kappa shape index (κ3) is 11.1. The molecule has 284 valence electrons. The van der Waals surface area contributed by atoms with Gasteiger partial charge in [0.1, 0.15) is 28.8 Å². The van der Waals surface area contributed by atoms with Gasteiger partial charge < -0.3 is 21.2 Å². The van der Waals surface area contributed by atoms with Crippen LogP contribution in [0.3, 0.4) is 0 Å². The Kier molecular flexibility index (Phi) is 14.2. The first-order chi connectivity index (χ1) is 25.0. The van der Waals surface area contributed by atoms with Gasteiger partial charge in [0.2, 0.25) is 15.9 Å². The van der Waals surface area contributed by atoms with Crippen LogP contribution in [0.4, 0.5) is 0 Å². The Bertz CT molecular complexity index is 2210. The number of pyridine rings is 1. The second-order valence-electron chi connectivity index (χ2n) is 12.2. The minimum Gasteiger partial charge on any atom is -0.487 e. The molecule has 4 aromatic rings. The smallest absolute Gasteiger partial charge is 0.261 e. The molecule has 0 unspecified atom stereocenters. The zero-order valence-corrected chi connectivity index (χ0v) is 32.3. The van der Waals surface area contributed by atoms with E-state index in [2.05, 4.69) is 20.7 Å². The Morgan fingerprint density at radius 1 is 1.06 bits per heavy atom. The quantitative estimate of drug-likeness (QED) is 0.0513. The Morgan fingerprint density at radius 2 is 1.74 bits per heavy atom. The number of carbonyl (C=O) groups excluding carboxylic acids is 2. The molecule has 3 aromatic carbocycles. The van der Waals surface area contributed by atoms with E-state index in [1.54, 1.807) is 30.3 Å². The van der Waals surface area contributed by atoms with Crippen LogP contribution in [0.5, 0.6) is 5.75 Å². The van der Waals surface area contributed by atoms with E-state index < -0.39 is 32.1 Å². The van der Waals surface area contributed by atoms with Crippen molar-refractivity contribution in [2.45, 2.75) is 50.7 Å². The lowest BCUT2D eigenvalue weighted by molar-refractivity contribution is -0.124. The SMILES string of the molecule is CS(=O)(=O)O.Cc1cc(C)c2cccc(OCc3c(Cl)ccc(S(=O)(=O)N4CCC[C@H]4C(=O)NCCCNC(=O)c4ccc(/C=N/N)cc4)c3Cl)c2n1. The number of carbonyl (C=O) groups is 2. The first kappa shape index (κ1) is 41.4. The van der Waals surface area contributed by atoms with Gasteiger partial charge in [0, 0.05) is 46.9 Å². The molecule has 0 spiro atoms. The zero-order chi connectivity index (χ0) is 38.9. The lowest BCUT2D eigenvalue weighted by Gasteiger charge is -2.24. The Hall–Kier alpha value is -4.32. The first-order valence-electron chi connectivity index (χ1n) is 16.3. The third-order valence-corrected chi connectivity index (χ3v) is 10.9. The van der Waals surface area contributed by atoms with E-state index >= 15 is 0 Å². The number of sulfonamides is 1. The number of hydrogen-bond donors (Lipinski definition) is 4. The van der Waals surface area contributed by atoms with Crippen LogP contribution in [0.15, 0.2) is 70.7 Å². The molecule has 53 heavy (non-hydrogen) atoms. The number of hydrazone groups is 1. The average molecular weight is 808 g/mol. The van der Waals surface area contributed by atoms with Crippen molar-refractivity contribution >= 4 is 72.3 Å². The van der Waals surface area contributed by atoms with Gasteiger partial charge in [-0.2, -0.15) is 17.8 Å². The molecule has 2 heterocycles. The predicted octanol–water partition coefficient (Wildman–Crippen LogP) is 4.62. The van der Waals surface area contributed by atoms with Crippen molar-refractivity contribution in [3.8, 4) is 5.75 Å².